The Kier molecular flexibility index (Phi) is 10.6. The molecular weight excluding hydrogens is 738 g/mol. The van der Waals surface area contributed by atoms with E-state index < -0.39 is 47.0 Å². The molecule has 54 heavy (non-hydrogen) atoms. The Morgan fingerprint density at radius 1 is 0.426 bits per heavy atom. The van der Waals surface area contributed by atoms with Crippen LogP contribution in [0.2, 0.25) is 0 Å². The molecule has 282 valence electrons. The van der Waals surface area contributed by atoms with Crippen LogP contribution in [-0.2, 0) is 24.7 Å². The van der Waals surface area contributed by atoms with Crippen molar-refractivity contribution in [3.8, 4) is 22.3 Å². The van der Waals surface area contributed by atoms with E-state index in [1.807, 2.05) is 0 Å². The quantitative estimate of drug-likeness (QED) is 0.125. The molecule has 1 aromatic heterocycles. The molecule has 0 spiro atoms. The van der Waals surface area contributed by atoms with Crippen molar-refractivity contribution >= 4 is 22.8 Å². The smallest absolute Gasteiger partial charge is 0.251 e. The molecule has 3 nitrogen and oxygen atoms in total. The zero-order valence-corrected chi connectivity index (χ0v) is 28.5. The zero-order chi connectivity index (χ0) is 40.0. The van der Waals surface area contributed by atoms with E-state index in [0.717, 1.165) is 0 Å². The Morgan fingerprint density at radius 3 is 1.04 bits per heavy atom. The molecule has 0 N–H and O–H groups in total. The number of rotatable bonds is 6. The van der Waals surface area contributed by atoms with Crippen molar-refractivity contribution in [1.82, 2.24) is 4.98 Å². The van der Waals surface area contributed by atoms with Crippen molar-refractivity contribution in [2.75, 3.05) is 0 Å². The molecule has 0 amide bonds. The first-order valence-electron chi connectivity index (χ1n) is 15.8. The highest BCUT2D eigenvalue weighted by Gasteiger charge is 2.38. The highest BCUT2D eigenvalue weighted by atomic mass is 19.4. The molecule has 0 fully saturated rings. The number of hydrogen-bond donors (Lipinski definition) is 0. The number of pyridine rings is 1. The lowest BCUT2D eigenvalue weighted by molar-refractivity contribution is -0.144. The lowest BCUT2D eigenvalue weighted by Gasteiger charge is -2.15. The fraction of sp³-hybridized carbons (Fsp3) is 0.205. The average Bonchev–Trinajstić information content (AvgIpc) is 3.08. The first-order valence-corrected chi connectivity index (χ1v) is 15.8. The molecule has 1 heterocycles. The fourth-order valence-corrected chi connectivity index (χ4v) is 5.38. The summed E-state index contributed by atoms with van der Waals surface area (Å²) in [6.07, 6.45) is -20.1. The van der Waals surface area contributed by atoms with Gasteiger partial charge in [0.25, 0.3) is 0 Å². The SMILES string of the molecule is CC(=Nc1cc(-c2cc(C(F)(F)F)cc(C(F)(F)F)c2)ccc1C)c1cccc(C(C)=Nc2cc(-c3cc(C(F)(F)F)cc(C(F)(F)F)c3)ccc2C)n1. The van der Waals surface area contributed by atoms with Gasteiger partial charge >= 0.3 is 24.7 Å². The molecule has 0 aliphatic rings. The summed E-state index contributed by atoms with van der Waals surface area (Å²) in [6.45, 7) is 6.50. The molecule has 0 aliphatic carbocycles. The Balaban J connectivity index is 1.49. The van der Waals surface area contributed by atoms with E-state index in [9.17, 15) is 52.7 Å². The molecule has 5 rings (SSSR count). The van der Waals surface area contributed by atoms with Gasteiger partial charge in [-0.05, 0) is 122 Å². The van der Waals surface area contributed by atoms with Crippen LogP contribution in [0.5, 0.6) is 0 Å². The molecule has 0 atom stereocenters. The zero-order valence-electron chi connectivity index (χ0n) is 28.5. The number of hydrogen-bond acceptors (Lipinski definition) is 3. The maximum atomic E-state index is 13.5. The van der Waals surface area contributed by atoms with Crippen LogP contribution in [0.3, 0.4) is 0 Å². The third kappa shape index (κ3) is 9.18. The third-order valence-electron chi connectivity index (χ3n) is 8.33. The van der Waals surface area contributed by atoms with Gasteiger partial charge in [-0.1, -0.05) is 30.3 Å². The monoisotopic (exact) mass is 765 g/mol. The van der Waals surface area contributed by atoms with Crippen LogP contribution >= 0.6 is 0 Å². The van der Waals surface area contributed by atoms with E-state index in [-0.39, 0.29) is 45.8 Å². The van der Waals surface area contributed by atoms with Gasteiger partial charge in [0.15, 0.2) is 0 Å². The summed E-state index contributed by atoms with van der Waals surface area (Å²) < 4.78 is 162. The second-order valence-electron chi connectivity index (χ2n) is 12.4. The number of nitrogens with zero attached hydrogens (tertiary/aromatic N) is 3. The van der Waals surface area contributed by atoms with Crippen LogP contribution in [-0.4, -0.2) is 16.4 Å². The van der Waals surface area contributed by atoms with E-state index in [1.165, 1.54) is 36.4 Å². The minimum atomic E-state index is -5.03. The summed E-state index contributed by atoms with van der Waals surface area (Å²) in [5.41, 5.74) is -3.38. The maximum Gasteiger partial charge on any atom is 0.416 e. The van der Waals surface area contributed by atoms with E-state index in [0.29, 0.717) is 58.2 Å². The molecule has 0 saturated heterocycles. The van der Waals surface area contributed by atoms with Gasteiger partial charge in [0, 0.05) is 0 Å². The molecule has 5 aromatic rings. The normalized spacial score (nSPS) is 13.4. The minimum Gasteiger partial charge on any atom is -0.251 e. The first-order chi connectivity index (χ1) is 24.9. The highest BCUT2D eigenvalue weighted by Crippen LogP contribution is 2.41. The summed E-state index contributed by atoms with van der Waals surface area (Å²) in [5.74, 6) is 0. The second kappa shape index (κ2) is 14.4. The lowest BCUT2D eigenvalue weighted by Crippen LogP contribution is -2.11. The van der Waals surface area contributed by atoms with Crippen molar-refractivity contribution in [2.45, 2.75) is 52.4 Å². The summed E-state index contributed by atoms with van der Waals surface area (Å²) >= 11 is 0. The van der Waals surface area contributed by atoms with E-state index in [2.05, 4.69) is 15.0 Å². The number of aromatic nitrogens is 1. The van der Waals surface area contributed by atoms with Crippen molar-refractivity contribution in [3.05, 3.63) is 136 Å². The average molecular weight is 766 g/mol. The Hall–Kier alpha value is -5.47. The highest BCUT2D eigenvalue weighted by molar-refractivity contribution is 6.02. The van der Waals surface area contributed by atoms with Gasteiger partial charge in [-0.15, -0.1) is 0 Å². The van der Waals surface area contributed by atoms with Crippen molar-refractivity contribution in [1.29, 1.82) is 0 Å². The standard InChI is InChI=1S/C39H27F12N3/c1-20-8-10-24(26-12-28(36(40,41)42)18-29(13-26)37(43,44)45)16-34(20)52-22(3)32-6-5-7-33(54-32)23(4)53-35-17-25(11-9-21(35)2)27-14-30(38(46,47)48)19-31(15-27)39(49,50)51/h5-19H,1-4H3. The second-order valence-corrected chi connectivity index (χ2v) is 12.4. The number of alkyl halides is 12. The predicted molar refractivity (Wildman–Crippen MR) is 181 cm³/mol. The van der Waals surface area contributed by atoms with Gasteiger partial charge in [0.1, 0.15) is 0 Å². The van der Waals surface area contributed by atoms with Crippen LogP contribution in [0, 0.1) is 13.8 Å². The van der Waals surface area contributed by atoms with Crippen molar-refractivity contribution in [2.24, 2.45) is 9.98 Å². The third-order valence-corrected chi connectivity index (χ3v) is 8.33. The topological polar surface area (TPSA) is 37.6 Å². The molecule has 0 saturated carbocycles. The molecule has 0 bridgehead atoms. The number of aliphatic imine (C=N–C) groups is 2. The number of benzene rings is 4. The van der Waals surface area contributed by atoms with E-state index in [1.54, 1.807) is 45.9 Å². The molecule has 0 aliphatic heterocycles. The van der Waals surface area contributed by atoms with Gasteiger partial charge < -0.3 is 0 Å². The number of aryl methyl sites for hydroxylation is 2. The Bertz CT molecular complexity index is 2050. The lowest BCUT2D eigenvalue weighted by atomic mass is 9.97. The molecule has 0 unspecified atom stereocenters. The van der Waals surface area contributed by atoms with E-state index >= 15 is 0 Å². The summed E-state index contributed by atoms with van der Waals surface area (Å²) in [5, 5.41) is 0. The van der Waals surface area contributed by atoms with Crippen LogP contribution in [0.4, 0.5) is 64.1 Å². The fourth-order valence-electron chi connectivity index (χ4n) is 5.38. The van der Waals surface area contributed by atoms with Gasteiger partial charge in [0.05, 0.1) is 56.4 Å². The number of halogens is 12. The van der Waals surface area contributed by atoms with Gasteiger partial charge in [-0.25, -0.2) is 4.98 Å². The first kappa shape index (κ1) is 39.7. The summed E-state index contributed by atoms with van der Waals surface area (Å²) in [6, 6.07) is 16.0. The van der Waals surface area contributed by atoms with Gasteiger partial charge in [-0.3, -0.25) is 9.98 Å². The van der Waals surface area contributed by atoms with E-state index in [4.69, 9.17) is 0 Å². The molecule has 4 aromatic carbocycles. The van der Waals surface area contributed by atoms with Crippen LogP contribution in [0.15, 0.2) is 101 Å². The Morgan fingerprint density at radius 2 is 0.741 bits per heavy atom. The largest absolute Gasteiger partial charge is 0.416 e. The molecule has 15 heteroatoms. The summed E-state index contributed by atoms with van der Waals surface area (Å²) in [7, 11) is 0. The van der Waals surface area contributed by atoms with Gasteiger partial charge in [-0.2, -0.15) is 52.7 Å². The predicted octanol–water partition coefficient (Wildman–Crippen LogP) is 13.4. The van der Waals surface area contributed by atoms with Crippen LogP contribution in [0.25, 0.3) is 22.3 Å². The van der Waals surface area contributed by atoms with Crippen LogP contribution < -0.4 is 0 Å². The van der Waals surface area contributed by atoms with Crippen molar-refractivity contribution in [3.63, 3.8) is 0 Å². The van der Waals surface area contributed by atoms with Crippen LogP contribution in [0.1, 0.15) is 58.6 Å². The van der Waals surface area contributed by atoms with Gasteiger partial charge in [0.2, 0.25) is 0 Å². The molecular formula is C39H27F12N3. The maximum absolute atomic E-state index is 13.5. The molecule has 0 radical (unpaired) electrons. The Labute approximate surface area is 300 Å². The minimum absolute atomic E-state index is 0.0479. The van der Waals surface area contributed by atoms with Crippen molar-refractivity contribution < 1.29 is 52.7 Å². The summed E-state index contributed by atoms with van der Waals surface area (Å²) in [4.78, 5) is 13.7.